The van der Waals surface area contributed by atoms with Crippen molar-refractivity contribution in [3.8, 4) is 11.8 Å². The van der Waals surface area contributed by atoms with E-state index in [4.69, 9.17) is 10.4 Å². The number of nitrogens with zero attached hydrogens (tertiary/aromatic N) is 2. The highest BCUT2D eigenvalue weighted by molar-refractivity contribution is 7.89. The Morgan fingerprint density at radius 2 is 2.18 bits per heavy atom. The Morgan fingerprint density at radius 3 is 2.53 bits per heavy atom. The molecule has 0 radical (unpaired) electrons. The number of pyridine rings is 1. The zero-order valence-corrected chi connectivity index (χ0v) is 9.33. The molecule has 1 heterocycles. The number of hydrogen-bond donors (Lipinski definition) is 1. The van der Waals surface area contributed by atoms with Gasteiger partial charge in [0.2, 0.25) is 10.0 Å². The average Bonchev–Trinajstić information content (AvgIpc) is 2.25. The molecule has 0 fully saturated rings. The van der Waals surface area contributed by atoms with E-state index in [0.717, 1.165) is 7.11 Å². The monoisotopic (exact) mass is 263 g/mol. The predicted molar refractivity (Wildman–Crippen MR) is 51.8 cm³/mol. The average molecular weight is 263 g/mol. The van der Waals surface area contributed by atoms with Gasteiger partial charge in [-0.05, 0) is 0 Å². The zero-order chi connectivity index (χ0) is 13.2. The summed E-state index contributed by atoms with van der Waals surface area (Å²) in [6.07, 6.45) is -2.40. The molecule has 1 aromatic rings. The zero-order valence-electron chi connectivity index (χ0n) is 8.52. The van der Waals surface area contributed by atoms with Crippen LogP contribution in [0.25, 0.3) is 0 Å². The third-order valence-electron chi connectivity index (χ3n) is 1.87. The molecular formula is C8H7F2N3O3S. The molecule has 1 aromatic heterocycles. The van der Waals surface area contributed by atoms with Crippen LogP contribution in [0.5, 0.6) is 5.75 Å². The lowest BCUT2D eigenvalue weighted by atomic mass is 10.2. The van der Waals surface area contributed by atoms with Gasteiger partial charge in [-0.25, -0.2) is 27.3 Å². The molecule has 0 aliphatic heterocycles. The quantitative estimate of drug-likeness (QED) is 0.856. The summed E-state index contributed by atoms with van der Waals surface area (Å²) in [5.41, 5.74) is -1.49. The number of halogens is 2. The fourth-order valence-electron chi connectivity index (χ4n) is 1.20. The van der Waals surface area contributed by atoms with Gasteiger partial charge in [0.1, 0.15) is 11.0 Å². The van der Waals surface area contributed by atoms with E-state index < -0.39 is 38.4 Å². The fourth-order valence-corrected chi connectivity index (χ4v) is 1.85. The van der Waals surface area contributed by atoms with Crippen LogP contribution in [0.1, 0.15) is 17.7 Å². The standard InChI is InChI=1S/C8H7F2N3O3S/c1-16-7-5(17(12,14)15)3-13-4(2-11)6(7)8(9)10/h3,8H,1H3,(H2,12,14,15). The second kappa shape index (κ2) is 4.60. The van der Waals surface area contributed by atoms with Gasteiger partial charge < -0.3 is 4.74 Å². The van der Waals surface area contributed by atoms with Crippen molar-refractivity contribution in [3.05, 3.63) is 17.5 Å². The molecule has 0 aliphatic rings. The highest BCUT2D eigenvalue weighted by Crippen LogP contribution is 2.35. The van der Waals surface area contributed by atoms with Crippen molar-refractivity contribution >= 4 is 10.0 Å². The number of methoxy groups -OCH3 is 1. The van der Waals surface area contributed by atoms with E-state index in [2.05, 4.69) is 9.72 Å². The lowest BCUT2D eigenvalue weighted by Crippen LogP contribution is -2.15. The van der Waals surface area contributed by atoms with Crippen molar-refractivity contribution in [2.24, 2.45) is 5.14 Å². The first kappa shape index (κ1) is 13.3. The third-order valence-corrected chi connectivity index (χ3v) is 2.77. The number of alkyl halides is 2. The molecule has 92 valence electrons. The molecule has 0 amide bonds. The van der Waals surface area contributed by atoms with Crippen molar-refractivity contribution in [2.75, 3.05) is 7.11 Å². The number of nitrogens with two attached hydrogens (primary N) is 1. The van der Waals surface area contributed by atoms with Gasteiger partial charge >= 0.3 is 0 Å². The minimum absolute atomic E-state index is 0.607. The SMILES string of the molecule is COc1c(S(N)(=O)=O)cnc(C#N)c1C(F)F. The van der Waals surface area contributed by atoms with Gasteiger partial charge in [-0.15, -0.1) is 0 Å². The lowest BCUT2D eigenvalue weighted by Gasteiger charge is -2.12. The van der Waals surface area contributed by atoms with Gasteiger partial charge in [-0.1, -0.05) is 0 Å². The van der Waals surface area contributed by atoms with Crippen LogP contribution in [0.4, 0.5) is 8.78 Å². The summed E-state index contributed by atoms with van der Waals surface area (Å²) in [5.74, 6) is -0.658. The van der Waals surface area contributed by atoms with E-state index in [9.17, 15) is 17.2 Å². The van der Waals surface area contributed by atoms with Gasteiger partial charge in [0.25, 0.3) is 6.43 Å². The number of hydrogen-bond acceptors (Lipinski definition) is 5. The smallest absolute Gasteiger partial charge is 0.270 e. The molecule has 0 aromatic carbocycles. The Labute approximate surface area is 95.7 Å². The Bertz CT molecular complexity index is 580. The fraction of sp³-hybridized carbons (Fsp3) is 0.250. The molecular weight excluding hydrogens is 256 g/mol. The summed E-state index contributed by atoms with van der Waals surface area (Å²) in [4.78, 5) is 2.63. The van der Waals surface area contributed by atoms with Gasteiger partial charge in [-0.3, -0.25) is 0 Å². The number of sulfonamides is 1. The molecule has 6 nitrogen and oxygen atoms in total. The maximum atomic E-state index is 12.7. The molecule has 0 spiro atoms. The van der Waals surface area contributed by atoms with Crippen LogP contribution in [-0.4, -0.2) is 20.5 Å². The predicted octanol–water partition coefficient (Wildman–Crippen LogP) is 0.547. The molecule has 2 N–H and O–H groups in total. The van der Waals surface area contributed by atoms with Crippen molar-refractivity contribution in [3.63, 3.8) is 0 Å². The van der Waals surface area contributed by atoms with Gasteiger partial charge in [-0.2, -0.15) is 5.26 Å². The van der Waals surface area contributed by atoms with Crippen LogP contribution < -0.4 is 9.88 Å². The maximum absolute atomic E-state index is 12.7. The Kier molecular flexibility index (Phi) is 3.59. The topological polar surface area (TPSA) is 106 Å². The minimum atomic E-state index is -4.26. The highest BCUT2D eigenvalue weighted by atomic mass is 32.2. The molecule has 0 atom stereocenters. The molecule has 1 rings (SSSR count). The van der Waals surface area contributed by atoms with Crippen LogP contribution in [0.15, 0.2) is 11.1 Å². The number of primary sulfonamides is 1. The second-order valence-corrected chi connectivity index (χ2v) is 4.41. The Balaban J connectivity index is 3.72. The van der Waals surface area contributed by atoms with Crippen molar-refractivity contribution in [1.29, 1.82) is 5.26 Å². The van der Waals surface area contributed by atoms with Crippen molar-refractivity contribution in [2.45, 2.75) is 11.3 Å². The molecule has 9 heteroatoms. The van der Waals surface area contributed by atoms with E-state index in [1.165, 1.54) is 6.07 Å². The summed E-state index contributed by atoms with van der Waals surface area (Å²) in [7, 11) is -3.26. The van der Waals surface area contributed by atoms with E-state index in [0.29, 0.717) is 6.20 Å². The second-order valence-electron chi connectivity index (χ2n) is 2.88. The molecule has 0 saturated heterocycles. The van der Waals surface area contributed by atoms with E-state index in [-0.39, 0.29) is 0 Å². The van der Waals surface area contributed by atoms with Gasteiger partial charge in [0.05, 0.1) is 18.9 Å². The normalized spacial score (nSPS) is 11.3. The summed E-state index contributed by atoms with van der Waals surface area (Å²) in [6.45, 7) is 0. The summed E-state index contributed by atoms with van der Waals surface area (Å²) in [5, 5.41) is 13.4. The molecule has 0 bridgehead atoms. The van der Waals surface area contributed by atoms with E-state index >= 15 is 0 Å². The summed E-state index contributed by atoms with van der Waals surface area (Å²) >= 11 is 0. The van der Waals surface area contributed by atoms with Gasteiger partial charge in [0.15, 0.2) is 11.4 Å². The van der Waals surface area contributed by atoms with Crippen LogP contribution in [0.2, 0.25) is 0 Å². The third kappa shape index (κ3) is 2.48. The summed E-state index contributed by atoms with van der Waals surface area (Å²) in [6, 6.07) is 1.42. The minimum Gasteiger partial charge on any atom is -0.495 e. The van der Waals surface area contributed by atoms with Crippen molar-refractivity contribution < 1.29 is 21.9 Å². The number of rotatable bonds is 3. The van der Waals surface area contributed by atoms with Crippen LogP contribution in [0, 0.1) is 11.3 Å². The number of aromatic nitrogens is 1. The van der Waals surface area contributed by atoms with E-state index in [1.54, 1.807) is 0 Å². The highest BCUT2D eigenvalue weighted by Gasteiger charge is 2.27. The molecule has 0 saturated carbocycles. The van der Waals surface area contributed by atoms with Crippen molar-refractivity contribution in [1.82, 2.24) is 4.98 Å². The molecule has 0 aliphatic carbocycles. The largest absolute Gasteiger partial charge is 0.495 e. The maximum Gasteiger partial charge on any atom is 0.270 e. The summed E-state index contributed by atoms with van der Waals surface area (Å²) < 4.78 is 52.3. The molecule has 17 heavy (non-hydrogen) atoms. The van der Waals surface area contributed by atoms with E-state index in [1.807, 2.05) is 0 Å². The first-order valence-corrected chi connectivity index (χ1v) is 5.65. The lowest BCUT2D eigenvalue weighted by molar-refractivity contribution is 0.145. The van der Waals surface area contributed by atoms with Gasteiger partial charge in [0, 0.05) is 0 Å². The molecule has 0 unspecified atom stereocenters. The van der Waals surface area contributed by atoms with Crippen LogP contribution in [0.3, 0.4) is 0 Å². The Hall–Kier alpha value is -1.79. The Morgan fingerprint density at radius 1 is 1.59 bits per heavy atom. The first-order chi connectivity index (χ1) is 7.82. The first-order valence-electron chi connectivity index (χ1n) is 4.10. The van der Waals surface area contributed by atoms with Crippen LogP contribution >= 0.6 is 0 Å². The number of nitriles is 1. The number of ether oxygens (including phenoxy) is 1. The van der Waals surface area contributed by atoms with Crippen LogP contribution in [-0.2, 0) is 10.0 Å².